The number of aromatic nitrogens is 1. The van der Waals surface area contributed by atoms with Gasteiger partial charge < -0.3 is 10.3 Å². The summed E-state index contributed by atoms with van der Waals surface area (Å²) in [5.41, 5.74) is 0.417. The van der Waals surface area contributed by atoms with Crippen LogP contribution in [0.4, 0.5) is 0 Å². The van der Waals surface area contributed by atoms with Crippen LogP contribution in [0.3, 0.4) is 0 Å². The van der Waals surface area contributed by atoms with Gasteiger partial charge in [-0.2, -0.15) is 0 Å². The molecule has 1 aromatic rings. The molecule has 3 N–H and O–H groups in total. The van der Waals surface area contributed by atoms with Crippen LogP contribution in [-0.2, 0) is 16.6 Å². The van der Waals surface area contributed by atoms with E-state index < -0.39 is 15.6 Å². The molecule has 0 spiro atoms. The second-order valence-electron chi connectivity index (χ2n) is 7.12. The molecule has 1 rings (SSSR count). The minimum Gasteiger partial charge on any atom is -0.363 e. The lowest BCUT2D eigenvalue weighted by Crippen LogP contribution is -2.45. The highest BCUT2D eigenvalue weighted by Gasteiger charge is 2.30. The lowest BCUT2D eigenvalue weighted by Gasteiger charge is -2.32. The van der Waals surface area contributed by atoms with Gasteiger partial charge in [0.15, 0.2) is 0 Å². The first kappa shape index (κ1) is 17.2. The van der Waals surface area contributed by atoms with E-state index in [0.29, 0.717) is 6.54 Å². The summed E-state index contributed by atoms with van der Waals surface area (Å²) in [7, 11) is -1.68. The fourth-order valence-corrected chi connectivity index (χ4v) is 4.08. The van der Waals surface area contributed by atoms with Gasteiger partial charge in [0.2, 0.25) is 10.0 Å². The third kappa shape index (κ3) is 5.26. The molecule has 116 valence electrons. The number of H-pyrrole nitrogens is 1. The van der Waals surface area contributed by atoms with Crippen molar-refractivity contribution in [2.45, 2.75) is 58.0 Å². The maximum absolute atomic E-state index is 12.4. The third-order valence-corrected chi connectivity index (χ3v) is 4.45. The van der Waals surface area contributed by atoms with Crippen LogP contribution in [0, 0.1) is 5.41 Å². The molecule has 0 aliphatic carbocycles. The molecule has 0 fully saturated rings. The third-order valence-electron chi connectivity index (χ3n) is 2.78. The van der Waals surface area contributed by atoms with Crippen molar-refractivity contribution >= 4 is 10.0 Å². The van der Waals surface area contributed by atoms with Crippen LogP contribution in [0.5, 0.6) is 0 Å². The van der Waals surface area contributed by atoms with Crippen LogP contribution in [0.2, 0.25) is 0 Å². The topological polar surface area (TPSA) is 74.0 Å². The van der Waals surface area contributed by atoms with Crippen molar-refractivity contribution < 1.29 is 8.42 Å². The van der Waals surface area contributed by atoms with Gasteiger partial charge in [-0.1, -0.05) is 20.8 Å². The van der Waals surface area contributed by atoms with Crippen LogP contribution in [0.25, 0.3) is 0 Å². The highest BCUT2D eigenvalue weighted by atomic mass is 32.2. The highest BCUT2D eigenvalue weighted by Crippen LogP contribution is 2.28. The maximum Gasteiger partial charge on any atom is 0.242 e. The van der Waals surface area contributed by atoms with Gasteiger partial charge in [0.05, 0.1) is 4.90 Å². The number of rotatable bonds is 6. The molecule has 20 heavy (non-hydrogen) atoms. The number of hydrogen-bond donors (Lipinski definition) is 3. The summed E-state index contributed by atoms with van der Waals surface area (Å²) in [6, 6.07) is 1.66. The maximum atomic E-state index is 12.4. The van der Waals surface area contributed by atoms with Gasteiger partial charge in [-0.05, 0) is 38.8 Å². The SMILES string of the molecule is CNCc1cc(S(=O)(=O)NC(C)(C)CC(C)(C)C)c[nH]1. The zero-order chi connectivity index (χ0) is 15.6. The summed E-state index contributed by atoms with van der Waals surface area (Å²) < 4.78 is 27.6. The van der Waals surface area contributed by atoms with E-state index in [1.807, 2.05) is 20.9 Å². The zero-order valence-electron chi connectivity index (χ0n) is 13.3. The van der Waals surface area contributed by atoms with Crippen molar-refractivity contribution in [1.29, 1.82) is 0 Å². The van der Waals surface area contributed by atoms with Crippen molar-refractivity contribution in [3.05, 3.63) is 18.0 Å². The van der Waals surface area contributed by atoms with Gasteiger partial charge in [-0.15, -0.1) is 0 Å². The quantitative estimate of drug-likeness (QED) is 0.754. The minimum absolute atomic E-state index is 0.0570. The normalized spacial score (nSPS) is 13.7. The van der Waals surface area contributed by atoms with Gasteiger partial charge >= 0.3 is 0 Å². The predicted octanol–water partition coefficient (Wildman–Crippen LogP) is 2.23. The molecule has 6 heteroatoms. The Bertz CT molecular complexity index is 539. The second-order valence-corrected chi connectivity index (χ2v) is 8.80. The van der Waals surface area contributed by atoms with Gasteiger partial charge in [-0.25, -0.2) is 13.1 Å². The lowest BCUT2D eigenvalue weighted by atomic mass is 9.82. The summed E-state index contributed by atoms with van der Waals surface area (Å²) in [5.74, 6) is 0. The van der Waals surface area contributed by atoms with Crippen molar-refractivity contribution in [1.82, 2.24) is 15.0 Å². The molecule has 0 saturated heterocycles. The first-order chi connectivity index (χ1) is 8.95. The standard InChI is InChI=1S/C14H27N3O2S/c1-13(2,3)10-14(4,5)17-20(18,19)12-7-11(8-15-6)16-9-12/h7,9,15-17H,8,10H2,1-6H3. The van der Waals surface area contributed by atoms with E-state index in [2.05, 4.69) is 35.8 Å². The summed E-state index contributed by atoms with van der Waals surface area (Å²) in [5, 5.41) is 2.98. The highest BCUT2D eigenvalue weighted by molar-refractivity contribution is 7.89. The molecule has 0 atom stereocenters. The fourth-order valence-electron chi connectivity index (χ4n) is 2.65. The number of aromatic amines is 1. The summed E-state index contributed by atoms with van der Waals surface area (Å²) >= 11 is 0. The van der Waals surface area contributed by atoms with Crippen molar-refractivity contribution in [3.63, 3.8) is 0 Å². The van der Waals surface area contributed by atoms with E-state index in [1.54, 1.807) is 6.07 Å². The van der Waals surface area contributed by atoms with Gasteiger partial charge in [0.1, 0.15) is 0 Å². The zero-order valence-corrected chi connectivity index (χ0v) is 14.1. The van der Waals surface area contributed by atoms with Gasteiger partial charge in [0, 0.05) is 24.0 Å². The summed E-state index contributed by atoms with van der Waals surface area (Å²) in [6.45, 7) is 10.7. The first-order valence-electron chi connectivity index (χ1n) is 6.81. The minimum atomic E-state index is -3.50. The van der Waals surface area contributed by atoms with Crippen LogP contribution >= 0.6 is 0 Å². The number of nitrogens with one attached hydrogen (secondary N) is 3. The van der Waals surface area contributed by atoms with Crippen LogP contribution < -0.4 is 10.0 Å². The Labute approximate surface area is 122 Å². The van der Waals surface area contributed by atoms with Crippen molar-refractivity contribution in [3.8, 4) is 0 Å². The molecule has 0 aliphatic rings. The van der Waals surface area contributed by atoms with E-state index in [4.69, 9.17) is 0 Å². The summed E-state index contributed by atoms with van der Waals surface area (Å²) in [6.07, 6.45) is 2.29. The number of sulfonamides is 1. The molecular formula is C14H27N3O2S. The molecule has 1 heterocycles. The van der Waals surface area contributed by atoms with Crippen molar-refractivity contribution in [2.75, 3.05) is 7.05 Å². The molecule has 0 bridgehead atoms. The first-order valence-corrected chi connectivity index (χ1v) is 8.29. The van der Waals surface area contributed by atoms with E-state index >= 15 is 0 Å². The Morgan fingerprint density at radius 3 is 2.30 bits per heavy atom. The van der Waals surface area contributed by atoms with Gasteiger partial charge in [-0.3, -0.25) is 0 Å². The second kappa shape index (κ2) is 5.87. The molecule has 0 aromatic carbocycles. The lowest BCUT2D eigenvalue weighted by molar-refractivity contribution is 0.269. The Morgan fingerprint density at radius 2 is 1.80 bits per heavy atom. The van der Waals surface area contributed by atoms with Crippen LogP contribution in [0.1, 0.15) is 46.7 Å². The molecular weight excluding hydrogens is 274 g/mol. The molecule has 5 nitrogen and oxygen atoms in total. The fraction of sp³-hybridized carbons (Fsp3) is 0.714. The smallest absolute Gasteiger partial charge is 0.242 e. The van der Waals surface area contributed by atoms with Crippen LogP contribution in [-0.4, -0.2) is 26.0 Å². The Kier molecular flexibility index (Phi) is 5.05. The predicted molar refractivity (Wildman–Crippen MR) is 82.0 cm³/mol. The van der Waals surface area contributed by atoms with Gasteiger partial charge in [0.25, 0.3) is 0 Å². The molecule has 0 aliphatic heterocycles. The van der Waals surface area contributed by atoms with E-state index in [-0.39, 0.29) is 10.3 Å². The van der Waals surface area contributed by atoms with Crippen molar-refractivity contribution in [2.24, 2.45) is 5.41 Å². The van der Waals surface area contributed by atoms with E-state index in [0.717, 1.165) is 12.1 Å². The Balaban J connectivity index is 2.88. The monoisotopic (exact) mass is 301 g/mol. The van der Waals surface area contributed by atoms with Crippen LogP contribution in [0.15, 0.2) is 17.2 Å². The average Bonchev–Trinajstić information content (AvgIpc) is 2.61. The number of hydrogen-bond acceptors (Lipinski definition) is 3. The molecule has 1 aromatic heterocycles. The molecule has 0 amide bonds. The molecule has 0 unspecified atom stereocenters. The summed E-state index contributed by atoms with van der Waals surface area (Å²) in [4.78, 5) is 3.25. The largest absolute Gasteiger partial charge is 0.363 e. The van der Waals surface area contributed by atoms with E-state index in [9.17, 15) is 8.42 Å². The Hall–Kier alpha value is -0.850. The average molecular weight is 301 g/mol. The molecule has 0 radical (unpaired) electrons. The molecule has 0 saturated carbocycles. The van der Waals surface area contributed by atoms with E-state index in [1.165, 1.54) is 6.20 Å². The Morgan fingerprint density at radius 1 is 1.20 bits per heavy atom.